The molecule has 0 bridgehead atoms. The molecule has 1 aliphatic heterocycles. The van der Waals surface area contributed by atoms with Gasteiger partial charge in [0.25, 0.3) is 0 Å². The van der Waals surface area contributed by atoms with Gasteiger partial charge in [0.05, 0.1) is 0 Å². The van der Waals surface area contributed by atoms with E-state index in [0.29, 0.717) is 0 Å². The lowest BCUT2D eigenvalue weighted by Gasteiger charge is -2.09. The van der Waals surface area contributed by atoms with Gasteiger partial charge >= 0.3 is 5.97 Å². The molecule has 0 aromatic heterocycles. The fraction of sp³-hybridized carbons (Fsp3) is 0.545. The maximum Gasteiger partial charge on any atom is 0.331 e. The molecule has 0 spiro atoms. The minimum absolute atomic E-state index is 0.0194. The van der Waals surface area contributed by atoms with Gasteiger partial charge in [-0.3, -0.25) is 0 Å². The van der Waals surface area contributed by atoms with Gasteiger partial charge < -0.3 is 4.74 Å². The Morgan fingerprint density at radius 3 is 3.31 bits per heavy atom. The van der Waals surface area contributed by atoms with Crippen LogP contribution in [0.25, 0.3) is 0 Å². The van der Waals surface area contributed by atoms with Crippen molar-refractivity contribution in [3.8, 4) is 0 Å². The van der Waals surface area contributed by atoms with Gasteiger partial charge in [-0.2, -0.15) is 0 Å². The summed E-state index contributed by atoms with van der Waals surface area (Å²) >= 11 is 0. The second-order valence-electron chi connectivity index (χ2n) is 3.17. The van der Waals surface area contributed by atoms with Crippen LogP contribution in [0.2, 0.25) is 0 Å². The van der Waals surface area contributed by atoms with Gasteiger partial charge in [0, 0.05) is 6.08 Å². The third kappa shape index (κ3) is 3.92. The van der Waals surface area contributed by atoms with E-state index < -0.39 is 0 Å². The summed E-state index contributed by atoms with van der Waals surface area (Å²) in [4.78, 5) is 11.0. The average molecular weight is 180 g/mol. The number of ether oxygens (including phenoxy) is 1. The van der Waals surface area contributed by atoms with Gasteiger partial charge in [-0.05, 0) is 25.3 Å². The quantitative estimate of drug-likeness (QED) is 0.493. The Morgan fingerprint density at radius 1 is 1.69 bits per heavy atom. The molecule has 0 aromatic rings. The first-order valence-corrected chi connectivity index (χ1v) is 4.86. The number of carbonyl (C=O) groups excluding carboxylic acids is 1. The predicted molar refractivity (Wildman–Crippen MR) is 52.3 cm³/mol. The molecular weight excluding hydrogens is 164 g/mol. The minimum Gasteiger partial charge on any atom is -0.455 e. The molecule has 0 unspecified atom stereocenters. The van der Waals surface area contributed by atoms with Crippen LogP contribution in [0, 0.1) is 0 Å². The lowest BCUT2D eigenvalue weighted by Crippen LogP contribution is -2.11. The van der Waals surface area contributed by atoms with Crippen molar-refractivity contribution in [2.75, 3.05) is 0 Å². The highest BCUT2D eigenvalue weighted by Crippen LogP contribution is 2.10. The van der Waals surface area contributed by atoms with Crippen molar-refractivity contribution in [2.45, 2.75) is 38.7 Å². The van der Waals surface area contributed by atoms with Crippen LogP contribution in [0.1, 0.15) is 32.6 Å². The monoisotopic (exact) mass is 180 g/mol. The number of hydrogen-bond acceptors (Lipinski definition) is 2. The van der Waals surface area contributed by atoms with Crippen molar-refractivity contribution in [1.82, 2.24) is 0 Å². The van der Waals surface area contributed by atoms with Crippen LogP contribution in [0.15, 0.2) is 24.3 Å². The Morgan fingerprint density at radius 2 is 2.54 bits per heavy atom. The Hall–Kier alpha value is -1.05. The highest BCUT2D eigenvalue weighted by Gasteiger charge is 2.10. The molecule has 0 aromatic carbocycles. The molecule has 0 saturated carbocycles. The van der Waals surface area contributed by atoms with Gasteiger partial charge in [-0.1, -0.05) is 25.5 Å². The number of allylic oxidation sites excluding steroid dienone is 2. The average Bonchev–Trinajstić information content (AvgIpc) is 2.31. The van der Waals surface area contributed by atoms with Crippen LogP contribution in [0.3, 0.4) is 0 Å². The lowest BCUT2D eigenvalue weighted by molar-refractivity contribution is -0.140. The first kappa shape index (κ1) is 10.0. The summed E-state index contributed by atoms with van der Waals surface area (Å²) in [6.07, 6.45) is 11.5. The van der Waals surface area contributed by atoms with E-state index in [1.54, 1.807) is 0 Å². The first-order valence-electron chi connectivity index (χ1n) is 4.86. The molecular formula is C11H16O2. The molecule has 1 atom stereocenters. The molecule has 2 heteroatoms. The number of carbonyl (C=O) groups is 1. The third-order valence-electron chi connectivity index (χ3n) is 1.95. The minimum atomic E-state index is -0.219. The van der Waals surface area contributed by atoms with E-state index in [1.807, 2.05) is 12.2 Å². The number of unbranched alkanes of at least 4 members (excludes halogenated alkanes) is 1. The predicted octanol–water partition coefficient (Wildman–Crippen LogP) is 2.60. The second kappa shape index (κ2) is 5.57. The maximum atomic E-state index is 11.0. The summed E-state index contributed by atoms with van der Waals surface area (Å²) in [6.45, 7) is 2.13. The van der Waals surface area contributed by atoms with Gasteiger partial charge in [-0.15, -0.1) is 0 Å². The summed E-state index contributed by atoms with van der Waals surface area (Å²) in [5, 5.41) is 0. The summed E-state index contributed by atoms with van der Waals surface area (Å²) in [6, 6.07) is 0. The van der Waals surface area contributed by atoms with E-state index >= 15 is 0 Å². The molecule has 0 radical (unpaired) electrons. The van der Waals surface area contributed by atoms with Gasteiger partial charge in [0.2, 0.25) is 0 Å². The molecule has 72 valence electrons. The Balaban J connectivity index is 2.38. The fourth-order valence-corrected chi connectivity index (χ4v) is 1.24. The van der Waals surface area contributed by atoms with E-state index in [2.05, 4.69) is 13.0 Å². The maximum absolute atomic E-state index is 11.0. The van der Waals surface area contributed by atoms with E-state index in [4.69, 9.17) is 4.74 Å². The number of esters is 1. The topological polar surface area (TPSA) is 26.3 Å². The summed E-state index contributed by atoms with van der Waals surface area (Å²) in [5.41, 5.74) is 0. The largest absolute Gasteiger partial charge is 0.455 e. The number of hydrogen-bond donors (Lipinski definition) is 0. The molecule has 1 heterocycles. The molecule has 2 nitrogen and oxygen atoms in total. The molecule has 13 heavy (non-hydrogen) atoms. The molecule has 0 aliphatic carbocycles. The summed E-state index contributed by atoms with van der Waals surface area (Å²) < 4.78 is 5.15. The Labute approximate surface area is 79.3 Å². The summed E-state index contributed by atoms with van der Waals surface area (Å²) in [5.74, 6) is -0.219. The van der Waals surface area contributed by atoms with Gasteiger partial charge in [-0.25, -0.2) is 4.79 Å². The normalized spacial score (nSPS) is 23.2. The van der Waals surface area contributed by atoms with Crippen LogP contribution >= 0.6 is 0 Å². The van der Waals surface area contributed by atoms with E-state index in [9.17, 15) is 4.79 Å². The SMILES string of the molecule is CCC/C=C/[C@H]1CCC=CC(=O)O1. The zero-order chi connectivity index (χ0) is 9.52. The molecule has 1 rings (SSSR count). The van der Waals surface area contributed by atoms with Crippen molar-refractivity contribution in [3.63, 3.8) is 0 Å². The molecule has 0 amide bonds. The highest BCUT2D eigenvalue weighted by molar-refractivity contribution is 5.82. The van der Waals surface area contributed by atoms with Crippen LogP contribution in [-0.4, -0.2) is 12.1 Å². The van der Waals surface area contributed by atoms with Crippen molar-refractivity contribution in [2.24, 2.45) is 0 Å². The lowest BCUT2D eigenvalue weighted by atomic mass is 10.1. The third-order valence-corrected chi connectivity index (χ3v) is 1.95. The van der Waals surface area contributed by atoms with Crippen LogP contribution in [0.4, 0.5) is 0 Å². The van der Waals surface area contributed by atoms with E-state index in [0.717, 1.165) is 25.7 Å². The van der Waals surface area contributed by atoms with Crippen molar-refractivity contribution in [1.29, 1.82) is 0 Å². The van der Waals surface area contributed by atoms with Crippen molar-refractivity contribution in [3.05, 3.63) is 24.3 Å². The van der Waals surface area contributed by atoms with Gasteiger partial charge in [0.1, 0.15) is 6.10 Å². The van der Waals surface area contributed by atoms with E-state index in [-0.39, 0.29) is 12.1 Å². The second-order valence-corrected chi connectivity index (χ2v) is 3.17. The zero-order valence-electron chi connectivity index (χ0n) is 8.03. The number of cyclic esters (lactones) is 1. The summed E-state index contributed by atoms with van der Waals surface area (Å²) in [7, 11) is 0. The molecule has 0 saturated heterocycles. The molecule has 0 fully saturated rings. The van der Waals surface area contributed by atoms with Crippen LogP contribution in [-0.2, 0) is 9.53 Å². The van der Waals surface area contributed by atoms with E-state index in [1.165, 1.54) is 6.08 Å². The Kier molecular flexibility index (Phi) is 4.30. The molecule has 1 aliphatic rings. The number of rotatable bonds is 3. The first-order chi connectivity index (χ1) is 6.33. The fourth-order valence-electron chi connectivity index (χ4n) is 1.24. The van der Waals surface area contributed by atoms with Crippen molar-refractivity contribution < 1.29 is 9.53 Å². The van der Waals surface area contributed by atoms with Gasteiger partial charge in [0.15, 0.2) is 0 Å². The van der Waals surface area contributed by atoms with Crippen molar-refractivity contribution >= 4 is 5.97 Å². The highest BCUT2D eigenvalue weighted by atomic mass is 16.5. The standard InChI is InChI=1S/C11H16O2/c1-2-3-4-7-10-8-5-6-9-11(12)13-10/h4,6-7,9-10H,2-3,5,8H2,1H3/b7-4+/t10-/m0/s1. The van der Waals surface area contributed by atoms with Crippen LogP contribution < -0.4 is 0 Å². The Bertz CT molecular complexity index is 216. The smallest absolute Gasteiger partial charge is 0.331 e. The zero-order valence-corrected chi connectivity index (χ0v) is 8.03. The van der Waals surface area contributed by atoms with Crippen LogP contribution in [0.5, 0.6) is 0 Å². The molecule has 0 N–H and O–H groups in total.